The zero-order chi connectivity index (χ0) is 13.4. The lowest BCUT2D eigenvalue weighted by Crippen LogP contribution is -2.31. The van der Waals surface area contributed by atoms with Gasteiger partial charge in [-0.05, 0) is 31.7 Å². The summed E-state index contributed by atoms with van der Waals surface area (Å²) in [7, 11) is 0. The first-order chi connectivity index (χ1) is 8.67. The number of hydrogen-bond acceptors (Lipinski definition) is 4. The third kappa shape index (κ3) is 5.42. The molecule has 0 aliphatic heterocycles. The first-order valence-electron chi connectivity index (χ1n) is 6.10. The van der Waals surface area contributed by atoms with Gasteiger partial charge in [-0.15, -0.1) is 11.3 Å². The molecular formula is C13H21NO2S2. The molecule has 0 unspecified atom stereocenters. The summed E-state index contributed by atoms with van der Waals surface area (Å²) in [5, 5.41) is 8.90. The Bertz CT molecular complexity index is 366. The second-order valence-electron chi connectivity index (χ2n) is 4.15. The average Bonchev–Trinajstić information content (AvgIpc) is 2.77. The Balaban J connectivity index is 2.56. The first-order valence-corrected chi connectivity index (χ1v) is 8.31. The second-order valence-corrected chi connectivity index (χ2v) is 6.51. The van der Waals surface area contributed by atoms with Crippen molar-refractivity contribution in [2.75, 3.05) is 25.2 Å². The van der Waals surface area contributed by atoms with Crippen LogP contribution in [-0.2, 0) is 11.3 Å². The van der Waals surface area contributed by atoms with Crippen LogP contribution in [0.3, 0.4) is 0 Å². The Morgan fingerprint density at radius 2 is 2.28 bits per heavy atom. The van der Waals surface area contributed by atoms with Gasteiger partial charge in [-0.1, -0.05) is 0 Å². The number of carbonyl (C=O) groups excluding carboxylic acids is 1. The van der Waals surface area contributed by atoms with Crippen molar-refractivity contribution in [1.82, 2.24) is 4.90 Å². The molecule has 1 amide bonds. The van der Waals surface area contributed by atoms with E-state index in [0.29, 0.717) is 25.9 Å². The van der Waals surface area contributed by atoms with Crippen molar-refractivity contribution in [2.24, 2.45) is 0 Å². The van der Waals surface area contributed by atoms with Crippen molar-refractivity contribution in [1.29, 1.82) is 0 Å². The third-order valence-electron chi connectivity index (χ3n) is 2.60. The topological polar surface area (TPSA) is 40.5 Å². The molecule has 1 N–H and O–H groups in total. The Kier molecular flexibility index (Phi) is 7.39. The summed E-state index contributed by atoms with van der Waals surface area (Å²) in [5.41, 5.74) is 0. The Morgan fingerprint density at radius 3 is 2.83 bits per heavy atom. The fourth-order valence-electron chi connectivity index (χ4n) is 1.66. The van der Waals surface area contributed by atoms with Crippen molar-refractivity contribution >= 4 is 29.0 Å². The lowest BCUT2D eigenvalue weighted by molar-refractivity contribution is -0.131. The van der Waals surface area contributed by atoms with E-state index in [1.165, 1.54) is 9.75 Å². The van der Waals surface area contributed by atoms with Crippen LogP contribution in [0.25, 0.3) is 0 Å². The Labute approximate surface area is 117 Å². The molecule has 1 aromatic rings. The highest BCUT2D eigenvalue weighted by Gasteiger charge is 2.13. The molecule has 1 rings (SSSR count). The highest BCUT2D eigenvalue weighted by atomic mass is 32.2. The predicted octanol–water partition coefficient (Wildman–Crippen LogP) is 2.52. The molecule has 18 heavy (non-hydrogen) atoms. The van der Waals surface area contributed by atoms with E-state index in [1.54, 1.807) is 23.1 Å². The quantitative estimate of drug-likeness (QED) is 0.799. The van der Waals surface area contributed by atoms with Crippen LogP contribution in [0.2, 0.25) is 0 Å². The molecule has 0 radical (unpaired) electrons. The molecule has 0 bridgehead atoms. The molecular weight excluding hydrogens is 266 g/mol. The number of rotatable bonds is 8. The number of aliphatic hydroxyl groups excluding tert-OH is 1. The summed E-state index contributed by atoms with van der Waals surface area (Å²) in [5.74, 6) is 1.04. The minimum atomic E-state index is 0.135. The second kappa shape index (κ2) is 8.56. The van der Waals surface area contributed by atoms with Crippen LogP contribution in [0.15, 0.2) is 12.1 Å². The van der Waals surface area contributed by atoms with Crippen molar-refractivity contribution < 1.29 is 9.90 Å². The summed E-state index contributed by atoms with van der Waals surface area (Å²) in [6.45, 7) is 3.52. The predicted molar refractivity (Wildman–Crippen MR) is 79.2 cm³/mol. The molecule has 0 spiro atoms. The van der Waals surface area contributed by atoms with Crippen molar-refractivity contribution in [3.63, 3.8) is 0 Å². The number of thioether (sulfide) groups is 1. The largest absolute Gasteiger partial charge is 0.396 e. The number of nitrogens with zero attached hydrogens (tertiary/aromatic N) is 1. The molecule has 0 fully saturated rings. The number of aliphatic hydroxyl groups is 1. The molecule has 1 heterocycles. The van der Waals surface area contributed by atoms with Gasteiger partial charge in [0.1, 0.15) is 0 Å². The minimum absolute atomic E-state index is 0.135. The van der Waals surface area contributed by atoms with Crippen LogP contribution in [0, 0.1) is 6.92 Å². The maximum Gasteiger partial charge on any atom is 0.223 e. The van der Waals surface area contributed by atoms with Gasteiger partial charge in [0.25, 0.3) is 0 Å². The number of aryl methyl sites for hydroxylation is 1. The first kappa shape index (κ1) is 15.5. The van der Waals surface area contributed by atoms with Crippen molar-refractivity contribution in [2.45, 2.75) is 26.3 Å². The van der Waals surface area contributed by atoms with Gasteiger partial charge >= 0.3 is 0 Å². The van der Waals surface area contributed by atoms with E-state index in [-0.39, 0.29) is 12.5 Å². The van der Waals surface area contributed by atoms with Gasteiger partial charge in [-0.25, -0.2) is 0 Å². The summed E-state index contributed by atoms with van der Waals surface area (Å²) in [6, 6.07) is 4.16. The van der Waals surface area contributed by atoms with Gasteiger partial charge < -0.3 is 10.0 Å². The van der Waals surface area contributed by atoms with Crippen molar-refractivity contribution in [3.05, 3.63) is 21.9 Å². The molecule has 0 aromatic carbocycles. The minimum Gasteiger partial charge on any atom is -0.396 e. The van der Waals surface area contributed by atoms with E-state index >= 15 is 0 Å². The third-order valence-corrected chi connectivity index (χ3v) is 4.20. The van der Waals surface area contributed by atoms with Gasteiger partial charge in [0, 0.05) is 35.1 Å². The Morgan fingerprint density at radius 1 is 1.50 bits per heavy atom. The zero-order valence-electron chi connectivity index (χ0n) is 11.0. The SMILES string of the molecule is CSCCC(=O)N(CCCO)Cc1ccc(C)s1. The van der Waals surface area contributed by atoms with Gasteiger partial charge in [-0.3, -0.25) is 4.79 Å². The molecule has 3 nitrogen and oxygen atoms in total. The normalized spacial score (nSPS) is 10.6. The van der Waals surface area contributed by atoms with Gasteiger partial charge in [0.05, 0.1) is 6.54 Å². The van der Waals surface area contributed by atoms with Gasteiger partial charge in [0.15, 0.2) is 0 Å². The fourth-order valence-corrected chi connectivity index (χ4v) is 2.94. The monoisotopic (exact) mass is 287 g/mol. The molecule has 0 aliphatic carbocycles. The highest BCUT2D eigenvalue weighted by Crippen LogP contribution is 2.18. The van der Waals surface area contributed by atoms with Crippen LogP contribution >= 0.6 is 23.1 Å². The maximum absolute atomic E-state index is 12.1. The van der Waals surface area contributed by atoms with Crippen LogP contribution in [0.5, 0.6) is 0 Å². The van der Waals surface area contributed by atoms with Gasteiger partial charge in [-0.2, -0.15) is 11.8 Å². The van der Waals surface area contributed by atoms with Crippen molar-refractivity contribution in [3.8, 4) is 0 Å². The fraction of sp³-hybridized carbons (Fsp3) is 0.615. The smallest absolute Gasteiger partial charge is 0.223 e. The molecule has 1 aromatic heterocycles. The van der Waals surface area contributed by atoms with E-state index in [2.05, 4.69) is 19.1 Å². The average molecular weight is 287 g/mol. The number of hydrogen-bond donors (Lipinski definition) is 1. The van der Waals surface area contributed by atoms with Crippen LogP contribution in [-0.4, -0.2) is 41.1 Å². The van der Waals surface area contributed by atoms with E-state index in [4.69, 9.17) is 5.11 Å². The lowest BCUT2D eigenvalue weighted by atomic mass is 10.3. The van der Waals surface area contributed by atoms with Crippen LogP contribution in [0.1, 0.15) is 22.6 Å². The molecule has 0 aliphatic rings. The number of thiophene rings is 1. The summed E-state index contributed by atoms with van der Waals surface area (Å²) < 4.78 is 0. The standard InChI is InChI=1S/C13H21NO2S2/c1-11-4-5-12(18-11)10-14(7-3-8-15)13(16)6-9-17-2/h4-5,15H,3,6-10H2,1-2H3. The van der Waals surface area contributed by atoms with E-state index in [9.17, 15) is 4.79 Å². The van der Waals surface area contributed by atoms with E-state index in [0.717, 1.165) is 5.75 Å². The zero-order valence-corrected chi connectivity index (χ0v) is 12.6. The van der Waals surface area contributed by atoms with Gasteiger partial charge in [0.2, 0.25) is 5.91 Å². The summed E-state index contributed by atoms with van der Waals surface area (Å²) in [4.78, 5) is 16.4. The highest BCUT2D eigenvalue weighted by molar-refractivity contribution is 7.98. The maximum atomic E-state index is 12.1. The summed E-state index contributed by atoms with van der Waals surface area (Å²) in [6.07, 6.45) is 3.24. The molecule has 5 heteroatoms. The lowest BCUT2D eigenvalue weighted by Gasteiger charge is -2.21. The van der Waals surface area contributed by atoms with E-state index < -0.39 is 0 Å². The molecule has 0 atom stereocenters. The number of carbonyl (C=O) groups is 1. The Hall–Kier alpha value is -0.520. The summed E-state index contributed by atoms with van der Waals surface area (Å²) >= 11 is 3.42. The molecule has 102 valence electrons. The van der Waals surface area contributed by atoms with Crippen LogP contribution < -0.4 is 0 Å². The van der Waals surface area contributed by atoms with E-state index in [1.807, 2.05) is 11.2 Å². The molecule has 0 saturated heterocycles. The van der Waals surface area contributed by atoms with Crippen LogP contribution in [0.4, 0.5) is 0 Å². The number of amides is 1. The molecule has 0 saturated carbocycles.